The fourth-order valence-electron chi connectivity index (χ4n) is 0.416. The van der Waals surface area contributed by atoms with Gasteiger partial charge in [-0.1, -0.05) is 11.6 Å². The molecule has 0 aromatic carbocycles. The van der Waals surface area contributed by atoms with Crippen LogP contribution in [-0.4, -0.2) is 0 Å². The van der Waals surface area contributed by atoms with Gasteiger partial charge in [-0.05, 0) is 22.0 Å². The average molecular weight is 222 g/mol. The monoisotopic (exact) mass is 221 g/mol. The van der Waals surface area contributed by atoms with Crippen molar-refractivity contribution in [3.05, 3.63) is 19.8 Å². The van der Waals surface area contributed by atoms with E-state index in [4.69, 9.17) is 16.9 Å². The molecule has 0 bridgehead atoms. The van der Waals surface area contributed by atoms with Crippen molar-refractivity contribution in [2.45, 2.75) is 0 Å². The molecule has 0 saturated carbocycles. The van der Waals surface area contributed by atoms with E-state index in [1.807, 2.05) is 6.07 Å². The first-order valence-electron chi connectivity index (χ1n) is 2.09. The first-order valence-corrected chi connectivity index (χ1v) is 4.07. The second-order valence-electron chi connectivity index (χ2n) is 1.35. The van der Waals surface area contributed by atoms with E-state index in [2.05, 4.69) is 15.9 Å². The van der Waals surface area contributed by atoms with Crippen molar-refractivity contribution in [2.75, 3.05) is 0 Å². The number of hydrogen-bond donors (Lipinski definition) is 0. The molecule has 1 aromatic rings. The van der Waals surface area contributed by atoms with Crippen LogP contribution in [-0.2, 0) is 0 Å². The van der Waals surface area contributed by atoms with Crippen molar-refractivity contribution >= 4 is 38.9 Å². The molecule has 1 nitrogen and oxygen atoms in total. The summed E-state index contributed by atoms with van der Waals surface area (Å²) >= 11 is 10.1. The molecule has 0 fully saturated rings. The van der Waals surface area contributed by atoms with Gasteiger partial charge in [0.2, 0.25) is 0 Å². The molecule has 0 aliphatic rings. The van der Waals surface area contributed by atoms with Gasteiger partial charge in [-0.15, -0.1) is 11.3 Å². The minimum absolute atomic E-state index is 0.602. The molecule has 0 radical (unpaired) electrons. The molecule has 0 unspecified atom stereocenters. The van der Waals surface area contributed by atoms with E-state index in [1.54, 1.807) is 6.07 Å². The van der Waals surface area contributed by atoms with Crippen LogP contribution in [0.1, 0.15) is 5.56 Å². The fraction of sp³-hybridized carbons (Fsp3) is 0. The van der Waals surface area contributed by atoms with Crippen LogP contribution < -0.4 is 0 Å². The van der Waals surface area contributed by atoms with Crippen LogP contribution >= 0.6 is 38.9 Å². The first-order chi connectivity index (χ1) is 4.24. The molecule has 1 rings (SSSR count). The van der Waals surface area contributed by atoms with Crippen LogP contribution in [0.15, 0.2) is 9.85 Å². The third kappa shape index (κ3) is 1.45. The van der Waals surface area contributed by atoms with Crippen molar-refractivity contribution < 1.29 is 0 Å². The Morgan fingerprint density at radius 1 is 1.78 bits per heavy atom. The summed E-state index contributed by atoms with van der Waals surface area (Å²) in [7, 11) is 0. The largest absolute Gasteiger partial charge is 0.192 e. The van der Waals surface area contributed by atoms with E-state index in [1.165, 1.54) is 11.3 Å². The zero-order valence-corrected chi connectivity index (χ0v) is 7.35. The molecule has 9 heavy (non-hydrogen) atoms. The van der Waals surface area contributed by atoms with Gasteiger partial charge in [-0.2, -0.15) is 5.26 Å². The minimum atomic E-state index is 0.602. The maximum atomic E-state index is 8.40. The van der Waals surface area contributed by atoms with Gasteiger partial charge in [0, 0.05) is 0 Å². The summed E-state index contributed by atoms with van der Waals surface area (Å²) in [6.45, 7) is 0. The summed E-state index contributed by atoms with van der Waals surface area (Å²) in [6.07, 6.45) is 0. The molecule has 0 aliphatic heterocycles. The highest BCUT2D eigenvalue weighted by molar-refractivity contribution is 9.11. The van der Waals surface area contributed by atoms with E-state index in [-0.39, 0.29) is 0 Å². The number of nitriles is 1. The van der Waals surface area contributed by atoms with E-state index < -0.39 is 0 Å². The second kappa shape index (κ2) is 2.70. The van der Waals surface area contributed by atoms with E-state index in [0.29, 0.717) is 9.90 Å². The minimum Gasteiger partial charge on any atom is -0.192 e. The first kappa shape index (κ1) is 7.07. The van der Waals surface area contributed by atoms with Gasteiger partial charge in [-0.25, -0.2) is 0 Å². The Morgan fingerprint density at radius 3 is 2.67 bits per heavy atom. The van der Waals surface area contributed by atoms with Gasteiger partial charge >= 0.3 is 0 Å². The SMILES string of the molecule is N#Cc1cc(Cl)sc1Br. The third-order valence-electron chi connectivity index (χ3n) is 0.777. The number of nitrogens with zero attached hydrogens (tertiary/aromatic N) is 1. The van der Waals surface area contributed by atoms with Gasteiger partial charge in [0.05, 0.1) is 13.7 Å². The van der Waals surface area contributed by atoms with Crippen LogP contribution in [0.25, 0.3) is 0 Å². The van der Waals surface area contributed by atoms with Crippen molar-refractivity contribution in [1.29, 1.82) is 5.26 Å². The molecular weight excluding hydrogens is 221 g/mol. The standard InChI is InChI=1S/C5HBrClNS/c6-5-3(2-8)1-4(7)9-5/h1H. The summed E-state index contributed by atoms with van der Waals surface area (Å²) in [5, 5.41) is 8.40. The Bertz CT molecular complexity index is 262. The smallest absolute Gasteiger partial charge is 0.101 e. The van der Waals surface area contributed by atoms with Crippen molar-refractivity contribution in [3.63, 3.8) is 0 Å². The maximum absolute atomic E-state index is 8.40. The number of halogens is 2. The van der Waals surface area contributed by atoms with Gasteiger partial charge in [0.15, 0.2) is 0 Å². The molecule has 0 N–H and O–H groups in total. The number of thiophene rings is 1. The molecule has 1 heterocycles. The van der Waals surface area contributed by atoms with Gasteiger partial charge < -0.3 is 0 Å². The Morgan fingerprint density at radius 2 is 2.44 bits per heavy atom. The Labute approximate surface area is 70.0 Å². The summed E-state index contributed by atoms with van der Waals surface area (Å²) in [5.74, 6) is 0. The summed E-state index contributed by atoms with van der Waals surface area (Å²) in [6, 6.07) is 3.63. The predicted molar refractivity (Wildman–Crippen MR) is 41.7 cm³/mol. The quantitative estimate of drug-likeness (QED) is 0.662. The lowest BCUT2D eigenvalue weighted by atomic mass is 10.4. The van der Waals surface area contributed by atoms with Crippen LogP contribution in [0.2, 0.25) is 4.34 Å². The van der Waals surface area contributed by atoms with Crippen molar-refractivity contribution in [1.82, 2.24) is 0 Å². The van der Waals surface area contributed by atoms with E-state index in [0.717, 1.165) is 3.79 Å². The van der Waals surface area contributed by atoms with Crippen LogP contribution in [0.4, 0.5) is 0 Å². The summed E-state index contributed by atoms with van der Waals surface area (Å²) in [5.41, 5.74) is 0.602. The third-order valence-corrected chi connectivity index (χ3v) is 2.74. The molecule has 1 aromatic heterocycles. The second-order valence-corrected chi connectivity index (χ2v) is 4.35. The zero-order chi connectivity index (χ0) is 6.85. The highest BCUT2D eigenvalue weighted by Crippen LogP contribution is 2.30. The number of hydrogen-bond acceptors (Lipinski definition) is 2. The molecule has 0 aliphatic carbocycles. The van der Waals surface area contributed by atoms with Crippen LogP contribution in [0.5, 0.6) is 0 Å². The Hall–Kier alpha value is -0.0400. The summed E-state index contributed by atoms with van der Waals surface area (Å²) in [4.78, 5) is 0. The molecule has 0 amide bonds. The maximum Gasteiger partial charge on any atom is 0.101 e. The molecule has 0 atom stereocenters. The lowest BCUT2D eigenvalue weighted by Gasteiger charge is -1.73. The predicted octanol–water partition coefficient (Wildman–Crippen LogP) is 3.04. The molecule has 0 saturated heterocycles. The normalized spacial score (nSPS) is 9.00. The van der Waals surface area contributed by atoms with E-state index in [9.17, 15) is 0 Å². The lowest BCUT2D eigenvalue weighted by molar-refractivity contribution is 1.50. The highest BCUT2D eigenvalue weighted by Gasteiger charge is 2.02. The van der Waals surface area contributed by atoms with Gasteiger partial charge in [0.1, 0.15) is 6.07 Å². The Kier molecular flexibility index (Phi) is 2.12. The Balaban J connectivity index is 3.20. The van der Waals surface area contributed by atoms with Crippen molar-refractivity contribution in [2.24, 2.45) is 0 Å². The average Bonchev–Trinajstić information content (AvgIpc) is 2.10. The van der Waals surface area contributed by atoms with Gasteiger partial charge in [-0.3, -0.25) is 0 Å². The molecule has 4 heteroatoms. The molecule has 46 valence electrons. The summed E-state index contributed by atoms with van der Waals surface area (Å²) < 4.78 is 1.44. The lowest BCUT2D eigenvalue weighted by Crippen LogP contribution is -1.60. The molecular formula is C5HBrClNS. The van der Waals surface area contributed by atoms with Crippen LogP contribution in [0, 0.1) is 11.3 Å². The topological polar surface area (TPSA) is 23.8 Å². The van der Waals surface area contributed by atoms with Crippen LogP contribution in [0.3, 0.4) is 0 Å². The van der Waals surface area contributed by atoms with Crippen molar-refractivity contribution in [3.8, 4) is 6.07 Å². The highest BCUT2D eigenvalue weighted by atomic mass is 79.9. The molecule has 0 spiro atoms. The van der Waals surface area contributed by atoms with Gasteiger partial charge in [0.25, 0.3) is 0 Å². The number of rotatable bonds is 0. The zero-order valence-electron chi connectivity index (χ0n) is 4.19. The van der Waals surface area contributed by atoms with E-state index >= 15 is 0 Å². The fourth-order valence-corrected chi connectivity index (χ4v) is 2.33.